The van der Waals surface area contributed by atoms with Crippen LogP contribution in [0.15, 0.2) is 6.20 Å². The molecule has 3 nitrogen and oxygen atoms in total. The Kier molecular flexibility index (Phi) is 3.87. The molecule has 1 aliphatic carbocycles. The molecule has 1 aliphatic rings. The Morgan fingerprint density at radius 2 is 2.18 bits per heavy atom. The van der Waals surface area contributed by atoms with Crippen molar-refractivity contribution in [2.45, 2.75) is 50.9 Å². The number of halogens is 1. The van der Waals surface area contributed by atoms with Gasteiger partial charge in [-0.2, -0.15) is 0 Å². The molecule has 1 aromatic heterocycles. The van der Waals surface area contributed by atoms with Crippen LogP contribution in [0, 0.1) is 0 Å². The quantitative estimate of drug-likeness (QED) is 0.771. The Balaban J connectivity index is 2.26. The molecule has 0 bridgehead atoms. The standard InChI is InChI=1S/C13H20ClN3/c1-9(2)13-15-8-12(11(7-14)16-13)17(3)10-5-4-6-10/h8-10H,4-7H2,1-3H3. The first-order chi connectivity index (χ1) is 8.13. The minimum Gasteiger partial charge on any atom is -0.369 e. The molecule has 0 N–H and O–H groups in total. The molecule has 17 heavy (non-hydrogen) atoms. The zero-order valence-corrected chi connectivity index (χ0v) is 11.5. The lowest BCUT2D eigenvalue weighted by Crippen LogP contribution is -2.37. The van der Waals surface area contributed by atoms with Crippen molar-refractivity contribution in [3.63, 3.8) is 0 Å². The monoisotopic (exact) mass is 253 g/mol. The zero-order chi connectivity index (χ0) is 12.4. The summed E-state index contributed by atoms with van der Waals surface area (Å²) in [5.74, 6) is 1.68. The molecule has 0 unspecified atom stereocenters. The highest BCUT2D eigenvalue weighted by Gasteiger charge is 2.24. The number of nitrogens with zero attached hydrogens (tertiary/aromatic N) is 3. The van der Waals surface area contributed by atoms with Gasteiger partial charge in [0.05, 0.1) is 23.5 Å². The van der Waals surface area contributed by atoms with E-state index in [-0.39, 0.29) is 0 Å². The molecule has 1 aromatic rings. The lowest BCUT2D eigenvalue weighted by atomic mass is 9.91. The molecular weight excluding hydrogens is 234 g/mol. The van der Waals surface area contributed by atoms with Crippen molar-refractivity contribution in [1.29, 1.82) is 0 Å². The van der Waals surface area contributed by atoms with Crippen molar-refractivity contribution in [2.75, 3.05) is 11.9 Å². The van der Waals surface area contributed by atoms with Gasteiger partial charge in [-0.05, 0) is 19.3 Å². The molecule has 0 radical (unpaired) electrons. The van der Waals surface area contributed by atoms with Gasteiger partial charge in [0, 0.05) is 19.0 Å². The Labute approximate surface area is 108 Å². The van der Waals surface area contributed by atoms with E-state index in [2.05, 4.69) is 35.8 Å². The number of hydrogen-bond donors (Lipinski definition) is 0. The molecule has 1 fully saturated rings. The molecule has 1 saturated carbocycles. The summed E-state index contributed by atoms with van der Waals surface area (Å²) in [7, 11) is 2.12. The summed E-state index contributed by atoms with van der Waals surface area (Å²) >= 11 is 6.00. The summed E-state index contributed by atoms with van der Waals surface area (Å²) in [6.07, 6.45) is 5.79. The van der Waals surface area contributed by atoms with E-state index in [1.54, 1.807) is 0 Å². The van der Waals surface area contributed by atoms with Gasteiger partial charge in [-0.15, -0.1) is 11.6 Å². The van der Waals surface area contributed by atoms with E-state index in [4.69, 9.17) is 11.6 Å². The van der Waals surface area contributed by atoms with E-state index >= 15 is 0 Å². The molecule has 2 rings (SSSR count). The third-order valence-corrected chi connectivity index (χ3v) is 3.76. The van der Waals surface area contributed by atoms with Crippen LogP contribution in [-0.4, -0.2) is 23.1 Å². The normalized spacial score (nSPS) is 16.1. The first kappa shape index (κ1) is 12.6. The summed E-state index contributed by atoms with van der Waals surface area (Å²) in [6.45, 7) is 4.20. The van der Waals surface area contributed by atoms with Crippen LogP contribution in [0.4, 0.5) is 5.69 Å². The van der Waals surface area contributed by atoms with Crippen molar-refractivity contribution < 1.29 is 0 Å². The highest BCUT2D eigenvalue weighted by molar-refractivity contribution is 6.17. The molecule has 1 heterocycles. The average Bonchev–Trinajstić information content (AvgIpc) is 2.25. The lowest BCUT2D eigenvalue weighted by Gasteiger charge is -2.36. The van der Waals surface area contributed by atoms with Gasteiger partial charge in [0.25, 0.3) is 0 Å². The van der Waals surface area contributed by atoms with Gasteiger partial charge >= 0.3 is 0 Å². The third-order valence-electron chi connectivity index (χ3n) is 3.51. The van der Waals surface area contributed by atoms with Crippen molar-refractivity contribution in [1.82, 2.24) is 9.97 Å². The van der Waals surface area contributed by atoms with E-state index in [9.17, 15) is 0 Å². The van der Waals surface area contributed by atoms with Crippen molar-refractivity contribution >= 4 is 17.3 Å². The van der Waals surface area contributed by atoms with E-state index in [1.165, 1.54) is 19.3 Å². The Hall–Kier alpha value is -0.830. The molecule has 94 valence electrons. The Morgan fingerprint density at radius 1 is 1.47 bits per heavy atom. The van der Waals surface area contributed by atoms with E-state index in [0.717, 1.165) is 17.2 Å². The summed E-state index contributed by atoms with van der Waals surface area (Å²) < 4.78 is 0. The van der Waals surface area contributed by atoms with E-state index in [1.807, 2.05) is 6.20 Å². The SMILES string of the molecule is CC(C)c1ncc(N(C)C2CCC2)c(CCl)n1. The Bertz CT molecular complexity index is 388. The van der Waals surface area contributed by atoms with Gasteiger partial charge in [0.15, 0.2) is 0 Å². The molecule has 0 aromatic carbocycles. The smallest absolute Gasteiger partial charge is 0.131 e. The number of rotatable bonds is 4. The van der Waals surface area contributed by atoms with Crippen LogP contribution in [0.25, 0.3) is 0 Å². The van der Waals surface area contributed by atoms with E-state index in [0.29, 0.717) is 17.8 Å². The van der Waals surface area contributed by atoms with Gasteiger partial charge in [-0.3, -0.25) is 0 Å². The topological polar surface area (TPSA) is 29.0 Å². The number of hydrogen-bond acceptors (Lipinski definition) is 3. The van der Waals surface area contributed by atoms with Crippen molar-refractivity contribution in [3.05, 3.63) is 17.7 Å². The zero-order valence-electron chi connectivity index (χ0n) is 10.8. The summed E-state index contributed by atoms with van der Waals surface area (Å²) in [6, 6.07) is 0.644. The molecule has 4 heteroatoms. The van der Waals surface area contributed by atoms with Crippen LogP contribution in [-0.2, 0) is 5.88 Å². The highest BCUT2D eigenvalue weighted by Crippen LogP contribution is 2.30. The second-order valence-electron chi connectivity index (χ2n) is 5.04. The maximum Gasteiger partial charge on any atom is 0.131 e. The van der Waals surface area contributed by atoms with Crippen LogP contribution in [0.5, 0.6) is 0 Å². The van der Waals surface area contributed by atoms with Crippen LogP contribution in [0.2, 0.25) is 0 Å². The van der Waals surface area contributed by atoms with Crippen LogP contribution in [0.3, 0.4) is 0 Å². The molecule has 0 atom stereocenters. The van der Waals surface area contributed by atoms with Gasteiger partial charge < -0.3 is 4.90 Å². The number of alkyl halides is 1. The van der Waals surface area contributed by atoms with Gasteiger partial charge in [0.2, 0.25) is 0 Å². The maximum atomic E-state index is 6.00. The predicted molar refractivity (Wildman–Crippen MR) is 71.7 cm³/mol. The maximum absolute atomic E-state index is 6.00. The first-order valence-electron chi connectivity index (χ1n) is 6.28. The van der Waals surface area contributed by atoms with Crippen molar-refractivity contribution in [3.8, 4) is 0 Å². The summed E-state index contributed by atoms with van der Waals surface area (Å²) in [4.78, 5) is 11.3. The molecular formula is C13H20ClN3. The van der Waals surface area contributed by atoms with Crippen LogP contribution in [0.1, 0.15) is 50.5 Å². The van der Waals surface area contributed by atoms with Gasteiger partial charge in [-0.1, -0.05) is 13.8 Å². The number of anilines is 1. The first-order valence-corrected chi connectivity index (χ1v) is 6.81. The summed E-state index contributed by atoms with van der Waals surface area (Å²) in [5.41, 5.74) is 2.05. The minimum atomic E-state index is 0.347. The predicted octanol–water partition coefficient (Wildman–Crippen LogP) is 3.33. The third kappa shape index (κ3) is 2.54. The largest absolute Gasteiger partial charge is 0.369 e. The summed E-state index contributed by atoms with van der Waals surface area (Å²) in [5, 5.41) is 0. The average molecular weight is 254 g/mol. The second kappa shape index (κ2) is 5.21. The van der Waals surface area contributed by atoms with Crippen molar-refractivity contribution in [2.24, 2.45) is 0 Å². The molecule has 0 aliphatic heterocycles. The minimum absolute atomic E-state index is 0.347. The molecule has 0 amide bonds. The Morgan fingerprint density at radius 3 is 2.65 bits per heavy atom. The lowest BCUT2D eigenvalue weighted by molar-refractivity contribution is 0.400. The van der Waals surface area contributed by atoms with Gasteiger partial charge in [-0.25, -0.2) is 9.97 Å². The fourth-order valence-corrected chi connectivity index (χ4v) is 2.26. The fourth-order valence-electron chi connectivity index (χ4n) is 2.07. The van der Waals surface area contributed by atoms with Crippen LogP contribution >= 0.6 is 11.6 Å². The molecule has 0 saturated heterocycles. The van der Waals surface area contributed by atoms with Gasteiger partial charge in [0.1, 0.15) is 5.82 Å². The fraction of sp³-hybridized carbons (Fsp3) is 0.692. The van der Waals surface area contributed by atoms with E-state index < -0.39 is 0 Å². The van der Waals surface area contributed by atoms with Crippen LogP contribution < -0.4 is 4.90 Å². The molecule has 0 spiro atoms. The highest BCUT2D eigenvalue weighted by atomic mass is 35.5. The number of aromatic nitrogens is 2. The second-order valence-corrected chi connectivity index (χ2v) is 5.31.